The number of urea groups is 1. The SMILES string of the molecule is COc1ccc(C2=NN(C(=O)CN(CCN3CCOCC3)C(=O)NC(C)C)[C@@H](c3ccc4c(c3)OCO4)C2)cc1. The molecule has 0 spiro atoms. The molecule has 40 heavy (non-hydrogen) atoms. The van der Waals surface area contributed by atoms with E-state index < -0.39 is 0 Å². The van der Waals surface area contributed by atoms with E-state index >= 15 is 0 Å². The lowest BCUT2D eigenvalue weighted by Gasteiger charge is -2.31. The van der Waals surface area contributed by atoms with Crippen LogP contribution in [0, 0.1) is 0 Å². The Balaban J connectivity index is 1.38. The third-order valence-corrected chi connectivity index (χ3v) is 7.19. The van der Waals surface area contributed by atoms with Crippen molar-refractivity contribution in [2.75, 3.05) is 59.8 Å². The Hall–Kier alpha value is -3.83. The summed E-state index contributed by atoms with van der Waals surface area (Å²) in [6, 6.07) is 12.7. The molecule has 0 bridgehead atoms. The van der Waals surface area contributed by atoms with Crippen molar-refractivity contribution in [3.63, 3.8) is 0 Å². The van der Waals surface area contributed by atoms with E-state index in [2.05, 4.69) is 10.2 Å². The first-order chi connectivity index (χ1) is 19.4. The summed E-state index contributed by atoms with van der Waals surface area (Å²) in [5.41, 5.74) is 2.57. The van der Waals surface area contributed by atoms with Gasteiger partial charge in [0.2, 0.25) is 6.79 Å². The molecule has 0 radical (unpaired) electrons. The average molecular weight is 552 g/mol. The Morgan fingerprint density at radius 2 is 1.85 bits per heavy atom. The van der Waals surface area contributed by atoms with Crippen LogP contribution in [0.3, 0.4) is 0 Å². The van der Waals surface area contributed by atoms with E-state index in [1.807, 2.05) is 56.3 Å². The molecule has 2 aromatic carbocycles. The van der Waals surface area contributed by atoms with Crippen LogP contribution in [-0.4, -0.2) is 98.3 Å². The van der Waals surface area contributed by atoms with Gasteiger partial charge in [-0.25, -0.2) is 9.80 Å². The van der Waals surface area contributed by atoms with Gasteiger partial charge in [-0.1, -0.05) is 6.07 Å². The third-order valence-electron chi connectivity index (χ3n) is 7.19. The molecule has 0 aromatic heterocycles. The van der Waals surface area contributed by atoms with Crippen molar-refractivity contribution in [1.29, 1.82) is 0 Å². The molecular weight excluding hydrogens is 514 g/mol. The van der Waals surface area contributed by atoms with E-state index in [4.69, 9.17) is 24.0 Å². The predicted molar refractivity (Wildman–Crippen MR) is 149 cm³/mol. The minimum atomic E-state index is -0.353. The maximum Gasteiger partial charge on any atom is 0.318 e. The van der Waals surface area contributed by atoms with Crippen molar-refractivity contribution in [3.8, 4) is 17.2 Å². The molecule has 1 fully saturated rings. The number of rotatable bonds is 9. The van der Waals surface area contributed by atoms with Crippen molar-refractivity contribution in [3.05, 3.63) is 53.6 Å². The van der Waals surface area contributed by atoms with E-state index in [-0.39, 0.29) is 37.4 Å². The van der Waals surface area contributed by atoms with E-state index in [9.17, 15) is 9.59 Å². The fraction of sp³-hybridized carbons (Fsp3) is 0.483. The van der Waals surface area contributed by atoms with Crippen molar-refractivity contribution in [1.82, 2.24) is 20.1 Å². The van der Waals surface area contributed by atoms with E-state index in [0.717, 1.165) is 35.7 Å². The number of nitrogens with zero attached hydrogens (tertiary/aromatic N) is 4. The molecule has 0 unspecified atom stereocenters. The van der Waals surface area contributed by atoms with Crippen LogP contribution < -0.4 is 19.5 Å². The quantitative estimate of drug-likeness (QED) is 0.511. The standard InChI is InChI=1S/C29H37N5O6/c1-20(2)30-29(36)33(11-10-32-12-14-38-15-13-32)18-28(35)34-25(22-6-9-26-27(16-22)40-19-39-26)17-24(31-34)21-4-7-23(37-3)8-5-21/h4-9,16,20,25H,10-15,17-19H2,1-3H3,(H,30,36)/t25-/m1/s1. The molecule has 11 heteroatoms. The molecule has 1 N–H and O–H groups in total. The van der Waals surface area contributed by atoms with E-state index in [0.29, 0.717) is 44.2 Å². The first-order valence-corrected chi connectivity index (χ1v) is 13.7. The molecule has 1 saturated heterocycles. The fourth-order valence-corrected chi connectivity index (χ4v) is 4.99. The summed E-state index contributed by atoms with van der Waals surface area (Å²) in [6.45, 7) is 7.92. The maximum atomic E-state index is 13.9. The third kappa shape index (κ3) is 6.48. The first kappa shape index (κ1) is 27.7. The minimum absolute atomic E-state index is 0.0543. The molecular formula is C29H37N5O6. The topological polar surface area (TPSA) is 105 Å². The smallest absolute Gasteiger partial charge is 0.318 e. The lowest BCUT2D eigenvalue weighted by atomic mass is 9.98. The van der Waals surface area contributed by atoms with Gasteiger partial charge in [0.1, 0.15) is 12.3 Å². The first-order valence-electron chi connectivity index (χ1n) is 13.7. The highest BCUT2D eigenvalue weighted by Crippen LogP contribution is 2.39. The Kier molecular flexibility index (Phi) is 8.71. The number of benzene rings is 2. The van der Waals surface area contributed by atoms with Crippen LogP contribution in [0.25, 0.3) is 0 Å². The largest absolute Gasteiger partial charge is 0.497 e. The normalized spacial score (nSPS) is 18.6. The van der Waals surface area contributed by atoms with Crippen LogP contribution in [0.15, 0.2) is 47.6 Å². The molecule has 3 amide bonds. The van der Waals surface area contributed by atoms with Crippen LogP contribution in [0.4, 0.5) is 4.79 Å². The molecule has 11 nitrogen and oxygen atoms in total. The highest BCUT2D eigenvalue weighted by molar-refractivity contribution is 6.03. The highest BCUT2D eigenvalue weighted by Gasteiger charge is 2.35. The highest BCUT2D eigenvalue weighted by atomic mass is 16.7. The molecule has 5 rings (SSSR count). The summed E-state index contributed by atoms with van der Waals surface area (Å²) in [5.74, 6) is 1.81. The van der Waals surface area contributed by atoms with Crippen LogP contribution >= 0.6 is 0 Å². The number of fused-ring (bicyclic) bond motifs is 1. The van der Waals surface area contributed by atoms with Crippen molar-refractivity contribution in [2.24, 2.45) is 5.10 Å². The number of carbonyl (C=O) groups excluding carboxylic acids is 2. The summed E-state index contributed by atoms with van der Waals surface area (Å²) in [4.78, 5) is 30.8. The lowest BCUT2D eigenvalue weighted by Crippen LogP contribution is -2.50. The van der Waals surface area contributed by atoms with E-state index in [1.54, 1.807) is 12.0 Å². The molecule has 214 valence electrons. The molecule has 2 aromatic rings. The molecule has 3 aliphatic heterocycles. The second-order valence-corrected chi connectivity index (χ2v) is 10.3. The Morgan fingerprint density at radius 1 is 1.10 bits per heavy atom. The molecule has 0 saturated carbocycles. The average Bonchev–Trinajstić information content (AvgIpc) is 3.62. The maximum absolute atomic E-state index is 13.9. The zero-order valence-corrected chi connectivity index (χ0v) is 23.3. The molecule has 3 aliphatic rings. The number of morpholine rings is 1. The van der Waals surface area contributed by atoms with Crippen molar-refractivity contribution < 1.29 is 28.5 Å². The van der Waals surface area contributed by atoms with Crippen LogP contribution in [0.5, 0.6) is 17.2 Å². The van der Waals surface area contributed by atoms with Gasteiger partial charge in [-0.15, -0.1) is 0 Å². The summed E-state index contributed by atoms with van der Waals surface area (Å²) in [5, 5.41) is 9.24. The number of ether oxygens (including phenoxy) is 4. The second-order valence-electron chi connectivity index (χ2n) is 10.3. The van der Waals surface area contributed by atoms with Gasteiger partial charge >= 0.3 is 6.03 Å². The molecule has 0 aliphatic carbocycles. The van der Waals surface area contributed by atoms with Gasteiger partial charge in [0.05, 0.1) is 32.1 Å². The zero-order valence-electron chi connectivity index (χ0n) is 23.3. The van der Waals surface area contributed by atoms with Gasteiger partial charge in [-0.2, -0.15) is 5.10 Å². The summed E-state index contributed by atoms with van der Waals surface area (Å²) >= 11 is 0. The summed E-state index contributed by atoms with van der Waals surface area (Å²) < 4.78 is 21.8. The van der Waals surface area contributed by atoms with Gasteiger partial charge in [0, 0.05) is 38.6 Å². The van der Waals surface area contributed by atoms with Crippen molar-refractivity contribution >= 4 is 17.6 Å². The Labute approximate surface area is 234 Å². The second kappa shape index (κ2) is 12.6. The number of hydrazone groups is 1. The minimum Gasteiger partial charge on any atom is -0.497 e. The number of methoxy groups -OCH3 is 1. The zero-order chi connectivity index (χ0) is 28.1. The summed E-state index contributed by atoms with van der Waals surface area (Å²) in [6.07, 6.45) is 0.518. The van der Waals surface area contributed by atoms with Crippen LogP contribution in [-0.2, 0) is 9.53 Å². The number of hydrogen-bond acceptors (Lipinski definition) is 8. The van der Waals surface area contributed by atoms with Gasteiger partial charge in [0.15, 0.2) is 11.5 Å². The van der Waals surface area contributed by atoms with Crippen molar-refractivity contribution in [2.45, 2.75) is 32.4 Å². The van der Waals surface area contributed by atoms with E-state index in [1.165, 1.54) is 5.01 Å². The van der Waals surface area contributed by atoms with Crippen LogP contribution in [0.1, 0.15) is 37.4 Å². The number of carbonyl (C=O) groups is 2. The Morgan fingerprint density at radius 3 is 2.58 bits per heavy atom. The number of nitrogens with one attached hydrogen (secondary N) is 1. The van der Waals surface area contributed by atoms with Gasteiger partial charge in [-0.3, -0.25) is 9.69 Å². The number of hydrogen-bond donors (Lipinski definition) is 1. The fourth-order valence-electron chi connectivity index (χ4n) is 4.99. The predicted octanol–water partition coefficient (Wildman–Crippen LogP) is 2.85. The molecule has 1 atom stereocenters. The summed E-state index contributed by atoms with van der Waals surface area (Å²) in [7, 11) is 1.62. The Bertz CT molecular complexity index is 1230. The van der Waals surface area contributed by atoms with Gasteiger partial charge in [-0.05, 0) is 61.4 Å². The van der Waals surface area contributed by atoms with Gasteiger partial charge in [0.25, 0.3) is 5.91 Å². The van der Waals surface area contributed by atoms with Gasteiger partial charge < -0.3 is 29.2 Å². The number of amides is 3. The lowest BCUT2D eigenvalue weighted by molar-refractivity contribution is -0.133. The van der Waals surface area contributed by atoms with Crippen LogP contribution in [0.2, 0.25) is 0 Å². The molecule has 3 heterocycles. The monoisotopic (exact) mass is 551 g/mol.